The van der Waals surface area contributed by atoms with Gasteiger partial charge in [0.15, 0.2) is 5.69 Å². The lowest BCUT2D eigenvalue weighted by Crippen LogP contribution is -2.37. The Hall–Kier alpha value is -3.46. The van der Waals surface area contributed by atoms with Gasteiger partial charge in [-0.3, -0.25) is 9.69 Å². The molecule has 1 aliphatic rings. The number of rotatable bonds is 4. The van der Waals surface area contributed by atoms with Crippen molar-refractivity contribution >= 4 is 29.3 Å². The largest absolute Gasteiger partial charge is 0.478 e. The van der Waals surface area contributed by atoms with Gasteiger partial charge < -0.3 is 9.84 Å². The molecule has 1 aliphatic heterocycles. The van der Waals surface area contributed by atoms with E-state index in [0.29, 0.717) is 27.7 Å². The fourth-order valence-electron chi connectivity index (χ4n) is 3.25. The minimum atomic E-state index is -1.03. The van der Waals surface area contributed by atoms with Crippen LogP contribution in [0.3, 0.4) is 0 Å². The Morgan fingerprint density at radius 2 is 1.87 bits per heavy atom. The molecule has 0 saturated carbocycles. The lowest BCUT2D eigenvalue weighted by molar-refractivity contribution is -0.120. The van der Waals surface area contributed by atoms with Crippen molar-refractivity contribution in [2.45, 2.75) is 24.7 Å². The predicted molar refractivity (Wildman–Crippen MR) is 112 cm³/mol. The van der Waals surface area contributed by atoms with Gasteiger partial charge in [0.2, 0.25) is 23.2 Å². The molecule has 1 aromatic heterocycles. The Kier molecular flexibility index (Phi) is 5.37. The van der Waals surface area contributed by atoms with Crippen LogP contribution in [0.15, 0.2) is 53.7 Å². The van der Waals surface area contributed by atoms with Crippen molar-refractivity contribution in [2.75, 3.05) is 11.2 Å². The number of nitrogens with zero attached hydrogens (tertiary/aromatic N) is 4. The van der Waals surface area contributed by atoms with Gasteiger partial charge in [-0.25, -0.2) is 4.79 Å². The number of aromatic carboxylic acids is 1. The average molecular weight is 422 g/mol. The van der Waals surface area contributed by atoms with E-state index in [9.17, 15) is 14.7 Å². The van der Waals surface area contributed by atoms with Crippen molar-refractivity contribution in [1.29, 1.82) is 0 Å². The molecule has 1 atom stereocenters. The van der Waals surface area contributed by atoms with Gasteiger partial charge >= 0.3 is 5.97 Å². The topological polar surface area (TPSA) is 106 Å². The minimum Gasteiger partial charge on any atom is -0.478 e. The summed E-state index contributed by atoms with van der Waals surface area (Å²) in [6.45, 7) is 1.78. The van der Waals surface area contributed by atoms with Crippen molar-refractivity contribution < 1.29 is 19.4 Å². The second-order valence-corrected chi connectivity index (χ2v) is 7.26. The van der Waals surface area contributed by atoms with Crippen LogP contribution in [0.25, 0.3) is 11.3 Å². The van der Waals surface area contributed by atoms with Crippen molar-refractivity contribution in [3.8, 4) is 17.1 Å². The quantitative estimate of drug-likeness (QED) is 0.633. The first-order valence-corrected chi connectivity index (χ1v) is 10.5. The summed E-state index contributed by atoms with van der Waals surface area (Å²) < 4.78 is 6.23. The van der Waals surface area contributed by atoms with Crippen LogP contribution in [-0.2, 0) is 4.79 Å². The first-order chi connectivity index (χ1) is 14.5. The van der Waals surface area contributed by atoms with Crippen molar-refractivity contribution in [2.24, 2.45) is 0 Å². The van der Waals surface area contributed by atoms with Crippen LogP contribution in [0, 0.1) is 0 Å². The lowest BCUT2D eigenvalue weighted by atomic mass is 10.1. The summed E-state index contributed by atoms with van der Waals surface area (Å²) in [6.07, 6.45) is 1.25. The van der Waals surface area contributed by atoms with Gasteiger partial charge in [-0.2, -0.15) is 4.98 Å². The molecular formula is C21H18N4O4S. The molecule has 1 unspecified atom stereocenters. The molecule has 3 aromatic rings. The Morgan fingerprint density at radius 3 is 2.53 bits per heavy atom. The molecule has 1 N–H and O–H groups in total. The van der Waals surface area contributed by atoms with E-state index >= 15 is 0 Å². The highest BCUT2D eigenvalue weighted by Crippen LogP contribution is 2.43. The molecule has 2 aromatic carbocycles. The van der Waals surface area contributed by atoms with Crippen LogP contribution in [0.5, 0.6) is 5.88 Å². The van der Waals surface area contributed by atoms with Crippen LogP contribution in [0.2, 0.25) is 0 Å². The second kappa shape index (κ2) is 8.11. The number of benzene rings is 2. The maximum atomic E-state index is 13.0. The molecule has 0 spiro atoms. The predicted octanol–water partition coefficient (Wildman–Crippen LogP) is 3.79. The minimum absolute atomic E-state index is 0.148. The summed E-state index contributed by atoms with van der Waals surface area (Å²) in [4.78, 5) is 30.3. The van der Waals surface area contributed by atoms with Gasteiger partial charge in [-0.15, -0.1) is 10.2 Å². The maximum absolute atomic E-state index is 13.0. The lowest BCUT2D eigenvalue weighted by Gasteiger charge is -2.30. The van der Waals surface area contributed by atoms with Gasteiger partial charge in [0, 0.05) is 17.5 Å². The third kappa shape index (κ3) is 3.48. The van der Waals surface area contributed by atoms with Gasteiger partial charge in [-0.05, 0) is 24.5 Å². The number of aromatic nitrogens is 3. The third-order valence-electron chi connectivity index (χ3n) is 4.71. The van der Waals surface area contributed by atoms with Crippen molar-refractivity contribution in [1.82, 2.24) is 15.2 Å². The average Bonchev–Trinajstić information content (AvgIpc) is 2.92. The van der Waals surface area contributed by atoms with Crippen molar-refractivity contribution in [3.63, 3.8) is 0 Å². The van der Waals surface area contributed by atoms with E-state index in [1.54, 1.807) is 24.0 Å². The molecule has 0 bridgehead atoms. The number of carboxylic acid groups (broad SMARTS) is 1. The highest BCUT2D eigenvalue weighted by molar-refractivity contribution is 7.98. The molecule has 4 rings (SSSR count). The molecule has 1 amide bonds. The molecule has 9 heteroatoms. The number of hydrogen-bond donors (Lipinski definition) is 1. The smallest absolute Gasteiger partial charge is 0.335 e. The molecule has 0 fully saturated rings. The van der Waals surface area contributed by atoms with Gasteiger partial charge in [0.1, 0.15) is 0 Å². The Morgan fingerprint density at radius 1 is 1.13 bits per heavy atom. The van der Waals surface area contributed by atoms with Crippen LogP contribution >= 0.6 is 11.8 Å². The van der Waals surface area contributed by atoms with Crippen LogP contribution < -0.4 is 9.64 Å². The standard InChI is InChI=1S/C21H18N4O4S/c1-3-16(26)25-15-7-5-4-6-14(15)17-18(22-21(30-2)24-23-17)29-19(25)12-8-10-13(11-9-12)20(27)28/h4-11,19H,3H2,1-2H3,(H,27,28). The summed E-state index contributed by atoms with van der Waals surface area (Å²) in [5.74, 6) is -0.914. The number of fused-ring (bicyclic) bond motifs is 3. The SMILES string of the molecule is CCC(=O)N1c2ccccc2-c2nnc(SC)nc2OC1c1ccc(C(=O)O)cc1. The van der Waals surface area contributed by atoms with Gasteiger partial charge in [0.05, 0.1) is 11.3 Å². The molecule has 152 valence electrons. The molecule has 2 heterocycles. The van der Waals surface area contributed by atoms with Gasteiger partial charge in [-0.1, -0.05) is 49.0 Å². The molecule has 30 heavy (non-hydrogen) atoms. The Labute approximate surface area is 176 Å². The molecule has 0 radical (unpaired) electrons. The van der Waals surface area contributed by atoms with E-state index in [2.05, 4.69) is 15.2 Å². The third-order valence-corrected chi connectivity index (χ3v) is 5.25. The summed E-state index contributed by atoms with van der Waals surface area (Å²) >= 11 is 1.33. The zero-order valence-corrected chi connectivity index (χ0v) is 17.1. The first kappa shape index (κ1) is 19.8. The fourth-order valence-corrected chi connectivity index (χ4v) is 3.54. The van der Waals surface area contributed by atoms with Gasteiger partial charge in [0.25, 0.3) is 0 Å². The number of carbonyl (C=O) groups excluding carboxylic acids is 1. The number of carbonyl (C=O) groups is 2. The zero-order chi connectivity index (χ0) is 21.3. The maximum Gasteiger partial charge on any atom is 0.335 e. The number of hydrogen-bond acceptors (Lipinski definition) is 7. The second-order valence-electron chi connectivity index (χ2n) is 6.48. The van der Waals surface area contributed by atoms with Crippen LogP contribution in [0.4, 0.5) is 5.69 Å². The summed E-state index contributed by atoms with van der Waals surface area (Å²) in [7, 11) is 0. The van der Waals surface area contributed by atoms with Crippen LogP contribution in [0.1, 0.15) is 35.5 Å². The molecular weight excluding hydrogens is 404 g/mol. The Bertz CT molecular complexity index is 1120. The molecule has 0 aliphatic carbocycles. The number of thioether (sulfide) groups is 1. The molecule has 8 nitrogen and oxygen atoms in total. The van der Waals surface area contributed by atoms with E-state index < -0.39 is 12.2 Å². The fraction of sp³-hybridized carbons (Fsp3) is 0.190. The number of para-hydroxylation sites is 1. The van der Waals surface area contributed by atoms with E-state index in [-0.39, 0.29) is 23.8 Å². The normalized spacial score (nSPS) is 14.9. The summed E-state index contributed by atoms with van der Waals surface area (Å²) in [5.41, 5.74) is 2.53. The van der Waals surface area contributed by atoms with E-state index in [4.69, 9.17) is 4.74 Å². The van der Waals surface area contributed by atoms with Crippen LogP contribution in [-0.4, -0.2) is 38.4 Å². The molecule has 0 saturated heterocycles. The monoisotopic (exact) mass is 422 g/mol. The number of carboxylic acids is 1. The summed E-state index contributed by atoms with van der Waals surface area (Å²) in [5, 5.41) is 18.1. The number of anilines is 1. The highest BCUT2D eigenvalue weighted by atomic mass is 32.2. The number of amides is 1. The first-order valence-electron chi connectivity index (χ1n) is 9.23. The van der Waals surface area contributed by atoms with E-state index in [1.165, 1.54) is 23.9 Å². The van der Waals surface area contributed by atoms with E-state index in [1.807, 2.05) is 30.5 Å². The Balaban J connectivity index is 1.93. The van der Waals surface area contributed by atoms with Crippen molar-refractivity contribution in [3.05, 3.63) is 59.7 Å². The number of ether oxygens (including phenoxy) is 1. The summed E-state index contributed by atoms with van der Waals surface area (Å²) in [6, 6.07) is 13.6. The zero-order valence-electron chi connectivity index (χ0n) is 16.3. The van der Waals surface area contributed by atoms with E-state index in [0.717, 1.165) is 0 Å². The highest BCUT2D eigenvalue weighted by Gasteiger charge is 2.35.